The van der Waals surface area contributed by atoms with Gasteiger partial charge in [0.1, 0.15) is 0 Å². The molecular formula is C13H24N6OS. The van der Waals surface area contributed by atoms with Gasteiger partial charge in [-0.15, -0.1) is 0 Å². The topological polar surface area (TPSA) is 85.3 Å². The summed E-state index contributed by atoms with van der Waals surface area (Å²) in [5.41, 5.74) is 8.43. The average molecular weight is 312 g/mol. The van der Waals surface area contributed by atoms with Crippen molar-refractivity contribution in [1.82, 2.24) is 15.5 Å². The molecule has 0 radical (unpaired) electrons. The van der Waals surface area contributed by atoms with Crippen molar-refractivity contribution in [3.05, 3.63) is 10.4 Å². The molecule has 0 atom stereocenters. The van der Waals surface area contributed by atoms with Gasteiger partial charge in [0.2, 0.25) is 0 Å². The van der Waals surface area contributed by atoms with E-state index in [1.54, 1.807) is 0 Å². The van der Waals surface area contributed by atoms with Crippen molar-refractivity contribution in [3.63, 3.8) is 0 Å². The Morgan fingerprint density at radius 3 is 2.67 bits per heavy atom. The molecule has 1 saturated carbocycles. The van der Waals surface area contributed by atoms with Crippen LogP contribution in [-0.2, 0) is 4.74 Å². The molecule has 8 heteroatoms. The molecule has 0 aromatic heterocycles. The predicted molar refractivity (Wildman–Crippen MR) is 86.2 cm³/mol. The minimum atomic E-state index is 0.163. The van der Waals surface area contributed by atoms with Crippen LogP contribution in [0.1, 0.15) is 25.7 Å². The van der Waals surface area contributed by atoms with Gasteiger partial charge in [-0.1, -0.05) is 5.11 Å². The first-order valence-corrected chi connectivity index (χ1v) is 8.07. The van der Waals surface area contributed by atoms with E-state index in [0.717, 1.165) is 70.2 Å². The highest BCUT2D eigenvalue weighted by Crippen LogP contribution is 2.21. The normalized spacial score (nSPS) is 26.7. The van der Waals surface area contributed by atoms with E-state index < -0.39 is 0 Å². The van der Waals surface area contributed by atoms with Gasteiger partial charge in [0.05, 0.1) is 13.2 Å². The second kappa shape index (κ2) is 9.04. The second-order valence-electron chi connectivity index (χ2n) is 5.56. The Bertz CT molecular complexity index is 373. The van der Waals surface area contributed by atoms with Crippen molar-refractivity contribution in [1.29, 1.82) is 0 Å². The number of nitrogens with zero attached hydrogens (tertiary/aromatic N) is 4. The maximum Gasteiger partial charge on any atom is 0.166 e. The lowest BCUT2D eigenvalue weighted by Gasteiger charge is -2.29. The molecule has 0 aromatic carbocycles. The van der Waals surface area contributed by atoms with Gasteiger partial charge in [-0.05, 0) is 43.4 Å². The second-order valence-corrected chi connectivity index (χ2v) is 5.97. The Balaban J connectivity index is 1.56. The molecular weight excluding hydrogens is 288 g/mol. The summed E-state index contributed by atoms with van der Waals surface area (Å²) in [7, 11) is 0. The average Bonchev–Trinajstić information content (AvgIpc) is 2.51. The van der Waals surface area contributed by atoms with E-state index >= 15 is 0 Å². The van der Waals surface area contributed by atoms with E-state index in [0.29, 0.717) is 6.04 Å². The Kier molecular flexibility index (Phi) is 7.02. The predicted octanol–water partition coefficient (Wildman–Crippen LogP) is 1.40. The van der Waals surface area contributed by atoms with E-state index in [1.807, 2.05) is 0 Å². The van der Waals surface area contributed by atoms with Crippen LogP contribution in [0.2, 0.25) is 0 Å². The molecule has 2 N–H and O–H groups in total. The van der Waals surface area contributed by atoms with Crippen LogP contribution < -0.4 is 10.6 Å². The molecule has 0 aromatic rings. The standard InChI is InChI=1S/C13H24N6OS/c14-18-17-12-3-1-11(2-4-12)16-13(21)15-5-6-19-7-9-20-10-8-19/h11-12H,1-10H2,(H2,15,16,21). The Hall–Kier alpha value is -1.08. The number of nitrogens with one attached hydrogen (secondary N) is 2. The highest BCUT2D eigenvalue weighted by atomic mass is 32.1. The minimum absolute atomic E-state index is 0.163. The van der Waals surface area contributed by atoms with Gasteiger partial charge in [0.25, 0.3) is 0 Å². The van der Waals surface area contributed by atoms with Gasteiger partial charge in [0.15, 0.2) is 5.11 Å². The highest BCUT2D eigenvalue weighted by Gasteiger charge is 2.20. The molecule has 21 heavy (non-hydrogen) atoms. The molecule has 2 aliphatic rings. The summed E-state index contributed by atoms with van der Waals surface area (Å²) in [5, 5.41) is 11.2. The van der Waals surface area contributed by atoms with Gasteiger partial charge in [-0.3, -0.25) is 4.90 Å². The maximum atomic E-state index is 8.43. The Labute approximate surface area is 131 Å². The van der Waals surface area contributed by atoms with Gasteiger partial charge in [0, 0.05) is 43.2 Å². The van der Waals surface area contributed by atoms with Crippen molar-refractivity contribution in [3.8, 4) is 0 Å². The third-order valence-electron chi connectivity index (χ3n) is 4.06. The molecule has 1 aliphatic heterocycles. The van der Waals surface area contributed by atoms with Crippen LogP contribution in [0.15, 0.2) is 5.11 Å². The SMILES string of the molecule is [N-]=[N+]=NC1CCC(NC(=S)NCCN2CCOCC2)CC1. The fourth-order valence-corrected chi connectivity index (χ4v) is 3.07. The minimum Gasteiger partial charge on any atom is -0.379 e. The third kappa shape index (κ3) is 6.05. The van der Waals surface area contributed by atoms with E-state index in [-0.39, 0.29) is 6.04 Å². The van der Waals surface area contributed by atoms with Crippen molar-refractivity contribution >= 4 is 17.3 Å². The summed E-state index contributed by atoms with van der Waals surface area (Å²) in [6, 6.07) is 0.564. The van der Waals surface area contributed by atoms with Crippen LogP contribution in [-0.4, -0.2) is 61.5 Å². The van der Waals surface area contributed by atoms with Crippen molar-refractivity contribution < 1.29 is 4.74 Å². The fourth-order valence-electron chi connectivity index (χ4n) is 2.80. The van der Waals surface area contributed by atoms with E-state index in [9.17, 15) is 0 Å². The quantitative estimate of drug-likeness (QED) is 0.347. The Morgan fingerprint density at radius 2 is 2.00 bits per heavy atom. The van der Waals surface area contributed by atoms with Crippen LogP contribution in [0.25, 0.3) is 10.4 Å². The molecule has 2 fully saturated rings. The molecule has 0 spiro atoms. The highest BCUT2D eigenvalue weighted by molar-refractivity contribution is 7.80. The van der Waals surface area contributed by atoms with Crippen molar-refractivity contribution in [2.24, 2.45) is 5.11 Å². The molecule has 7 nitrogen and oxygen atoms in total. The van der Waals surface area contributed by atoms with Crippen LogP contribution >= 0.6 is 12.2 Å². The van der Waals surface area contributed by atoms with Gasteiger partial charge >= 0.3 is 0 Å². The van der Waals surface area contributed by atoms with Crippen LogP contribution in [0, 0.1) is 0 Å². The molecule has 0 unspecified atom stereocenters. The molecule has 0 amide bonds. The summed E-state index contributed by atoms with van der Waals surface area (Å²) in [6.45, 7) is 5.53. The summed E-state index contributed by atoms with van der Waals surface area (Å²) in [5.74, 6) is 0. The van der Waals surface area contributed by atoms with E-state index in [4.69, 9.17) is 22.5 Å². The first-order valence-electron chi connectivity index (χ1n) is 7.66. The lowest BCUT2D eigenvalue weighted by Crippen LogP contribution is -2.47. The van der Waals surface area contributed by atoms with Crippen molar-refractivity contribution in [2.45, 2.75) is 37.8 Å². The van der Waals surface area contributed by atoms with Crippen LogP contribution in [0.4, 0.5) is 0 Å². The number of hydrogen-bond donors (Lipinski definition) is 2. The lowest BCUT2D eigenvalue weighted by molar-refractivity contribution is 0.0389. The van der Waals surface area contributed by atoms with E-state index in [2.05, 4.69) is 25.6 Å². The number of rotatable bonds is 5. The first-order chi connectivity index (χ1) is 10.3. The zero-order chi connectivity index (χ0) is 14.9. The fraction of sp³-hybridized carbons (Fsp3) is 0.923. The summed E-state index contributed by atoms with van der Waals surface area (Å²) < 4.78 is 5.32. The number of ether oxygens (including phenoxy) is 1. The van der Waals surface area contributed by atoms with Crippen LogP contribution in [0.5, 0.6) is 0 Å². The largest absolute Gasteiger partial charge is 0.379 e. The first kappa shape index (κ1) is 16.3. The van der Waals surface area contributed by atoms with Gasteiger partial charge < -0.3 is 15.4 Å². The maximum absolute atomic E-state index is 8.43. The van der Waals surface area contributed by atoms with Gasteiger partial charge in [-0.2, -0.15) is 0 Å². The number of hydrogen-bond acceptors (Lipinski definition) is 4. The molecule has 1 saturated heterocycles. The summed E-state index contributed by atoms with van der Waals surface area (Å²) in [4.78, 5) is 5.26. The molecule has 2 rings (SSSR count). The zero-order valence-electron chi connectivity index (χ0n) is 12.3. The number of azide groups is 1. The van der Waals surface area contributed by atoms with Crippen LogP contribution in [0.3, 0.4) is 0 Å². The summed E-state index contributed by atoms with van der Waals surface area (Å²) >= 11 is 5.33. The van der Waals surface area contributed by atoms with Gasteiger partial charge in [-0.25, -0.2) is 0 Å². The molecule has 0 bridgehead atoms. The summed E-state index contributed by atoms with van der Waals surface area (Å²) in [6.07, 6.45) is 3.90. The zero-order valence-corrected chi connectivity index (χ0v) is 13.1. The third-order valence-corrected chi connectivity index (χ3v) is 4.33. The lowest BCUT2D eigenvalue weighted by atomic mass is 9.92. The number of morpholine rings is 1. The molecule has 1 heterocycles. The van der Waals surface area contributed by atoms with Crippen molar-refractivity contribution in [2.75, 3.05) is 39.4 Å². The monoisotopic (exact) mass is 312 g/mol. The molecule has 1 aliphatic carbocycles. The smallest absolute Gasteiger partial charge is 0.166 e. The molecule has 118 valence electrons. The van der Waals surface area contributed by atoms with E-state index in [1.165, 1.54) is 0 Å². The number of thiocarbonyl (C=S) groups is 1. The Morgan fingerprint density at radius 1 is 1.29 bits per heavy atom.